The van der Waals surface area contributed by atoms with Crippen molar-refractivity contribution in [3.63, 3.8) is 0 Å². The zero-order chi connectivity index (χ0) is 22.0. The molecular formula is C25H29N5O. The van der Waals surface area contributed by atoms with Crippen molar-refractivity contribution in [2.45, 2.75) is 39.9 Å². The van der Waals surface area contributed by atoms with E-state index in [1.54, 1.807) is 6.20 Å². The van der Waals surface area contributed by atoms with Gasteiger partial charge in [-0.05, 0) is 58.0 Å². The van der Waals surface area contributed by atoms with E-state index in [-0.39, 0.29) is 12.2 Å². The summed E-state index contributed by atoms with van der Waals surface area (Å²) in [7, 11) is 0. The number of hydrogen-bond donors (Lipinski definition) is 0. The molecule has 160 valence electrons. The molecule has 2 unspecified atom stereocenters. The average molecular weight is 416 g/mol. The zero-order valence-corrected chi connectivity index (χ0v) is 18.6. The molecule has 0 radical (unpaired) electrons. The lowest BCUT2D eigenvalue weighted by Crippen LogP contribution is -2.45. The number of imidazole rings is 1. The normalized spacial score (nSPS) is 19.5. The molecule has 0 bridgehead atoms. The van der Waals surface area contributed by atoms with E-state index in [2.05, 4.69) is 73.0 Å². The van der Waals surface area contributed by atoms with Crippen LogP contribution in [0.3, 0.4) is 0 Å². The highest BCUT2D eigenvalue weighted by molar-refractivity contribution is 5.86. The number of allylic oxidation sites excluding steroid dienone is 5. The van der Waals surface area contributed by atoms with Crippen molar-refractivity contribution in [3.05, 3.63) is 67.2 Å². The summed E-state index contributed by atoms with van der Waals surface area (Å²) in [6.45, 7) is 14.0. The summed E-state index contributed by atoms with van der Waals surface area (Å²) >= 11 is 0. The first-order valence-corrected chi connectivity index (χ1v) is 10.6. The Balaban J connectivity index is 1.77. The average Bonchev–Trinajstić information content (AvgIpc) is 3.13. The fourth-order valence-electron chi connectivity index (χ4n) is 3.94. The number of hydrogen-bond acceptors (Lipinski definition) is 5. The Morgan fingerprint density at radius 1 is 1.10 bits per heavy atom. The molecule has 1 saturated heterocycles. The molecule has 2 atom stereocenters. The molecule has 6 nitrogen and oxygen atoms in total. The van der Waals surface area contributed by atoms with Crippen molar-refractivity contribution in [1.29, 1.82) is 0 Å². The van der Waals surface area contributed by atoms with Crippen molar-refractivity contribution < 1.29 is 4.74 Å². The van der Waals surface area contributed by atoms with E-state index >= 15 is 0 Å². The maximum Gasteiger partial charge on any atom is 0.147 e. The number of anilines is 1. The summed E-state index contributed by atoms with van der Waals surface area (Å²) in [6.07, 6.45) is 11.9. The molecule has 1 aliphatic heterocycles. The van der Waals surface area contributed by atoms with E-state index in [0.717, 1.165) is 47.0 Å². The predicted molar refractivity (Wildman–Crippen MR) is 127 cm³/mol. The van der Waals surface area contributed by atoms with Gasteiger partial charge in [0.1, 0.15) is 11.6 Å². The quantitative estimate of drug-likeness (QED) is 0.543. The van der Waals surface area contributed by atoms with Crippen LogP contribution in [-0.4, -0.2) is 44.8 Å². The highest BCUT2D eigenvalue weighted by Crippen LogP contribution is 2.29. The lowest BCUT2D eigenvalue weighted by atomic mass is 10.2. The van der Waals surface area contributed by atoms with Gasteiger partial charge in [-0.25, -0.2) is 9.97 Å². The summed E-state index contributed by atoms with van der Waals surface area (Å²) in [5, 5.41) is 0. The molecule has 0 aromatic carbocycles. The van der Waals surface area contributed by atoms with Crippen LogP contribution in [0.5, 0.6) is 0 Å². The maximum absolute atomic E-state index is 5.85. The fraction of sp³-hybridized carbons (Fsp3) is 0.320. The highest BCUT2D eigenvalue weighted by atomic mass is 16.5. The van der Waals surface area contributed by atoms with Crippen molar-refractivity contribution in [1.82, 2.24) is 19.5 Å². The third-order valence-electron chi connectivity index (χ3n) is 5.26. The zero-order valence-electron chi connectivity index (χ0n) is 18.6. The Bertz CT molecular complexity index is 1130. The molecule has 0 aliphatic carbocycles. The van der Waals surface area contributed by atoms with E-state index in [1.807, 2.05) is 24.5 Å². The standard InChI is InChI=1S/C25H29N5O/c1-6-21(9-7-17(2)3)30-23-14-26-12-11-22(23)28-25(30)20-8-10-24(27-13-20)29-15-18(4)31-19(5)16-29/h6-14,18-19H,1,15-16H2,2-5H3/b21-9+. The van der Waals surface area contributed by atoms with Gasteiger partial charge in [-0.3, -0.25) is 9.55 Å². The lowest BCUT2D eigenvalue weighted by Gasteiger charge is -2.36. The van der Waals surface area contributed by atoms with E-state index in [1.165, 1.54) is 5.57 Å². The number of fused-ring (bicyclic) bond motifs is 1. The highest BCUT2D eigenvalue weighted by Gasteiger charge is 2.23. The molecule has 0 spiro atoms. The molecule has 31 heavy (non-hydrogen) atoms. The van der Waals surface area contributed by atoms with Gasteiger partial charge in [0.25, 0.3) is 0 Å². The summed E-state index contributed by atoms with van der Waals surface area (Å²) in [4.78, 5) is 16.2. The topological polar surface area (TPSA) is 56.1 Å². The molecule has 3 aromatic heterocycles. The monoisotopic (exact) mass is 415 g/mol. The van der Waals surface area contributed by atoms with E-state index < -0.39 is 0 Å². The molecule has 4 heterocycles. The van der Waals surface area contributed by atoms with E-state index in [9.17, 15) is 0 Å². The second kappa shape index (κ2) is 8.86. The molecule has 6 heteroatoms. The molecule has 1 aliphatic rings. The van der Waals surface area contributed by atoms with E-state index in [0.29, 0.717) is 0 Å². The van der Waals surface area contributed by atoms with Crippen LogP contribution >= 0.6 is 0 Å². The first-order chi connectivity index (χ1) is 15.0. The van der Waals surface area contributed by atoms with Crippen molar-refractivity contribution in [3.8, 4) is 11.4 Å². The SMILES string of the molecule is C=C/C(=C\C=C(C)C)n1c(-c2ccc(N3CC(C)OC(C)C3)nc2)nc2ccncc21. The van der Waals surface area contributed by atoms with Crippen molar-refractivity contribution in [2.24, 2.45) is 0 Å². The van der Waals surface area contributed by atoms with Crippen LogP contribution in [-0.2, 0) is 4.74 Å². The summed E-state index contributed by atoms with van der Waals surface area (Å²) in [6, 6.07) is 6.07. The second-order valence-electron chi connectivity index (χ2n) is 8.24. The van der Waals surface area contributed by atoms with Crippen molar-refractivity contribution >= 4 is 22.5 Å². The molecule has 1 fully saturated rings. The number of rotatable bonds is 5. The fourth-order valence-corrected chi connectivity index (χ4v) is 3.94. The Morgan fingerprint density at radius 3 is 2.52 bits per heavy atom. The number of nitrogens with zero attached hydrogens (tertiary/aromatic N) is 5. The largest absolute Gasteiger partial charge is 0.372 e. The van der Waals surface area contributed by atoms with Crippen LogP contribution in [0.15, 0.2) is 67.2 Å². The van der Waals surface area contributed by atoms with Gasteiger partial charge in [0.2, 0.25) is 0 Å². The van der Waals surface area contributed by atoms with Gasteiger partial charge in [-0.15, -0.1) is 0 Å². The van der Waals surface area contributed by atoms with Crippen LogP contribution in [0.1, 0.15) is 27.7 Å². The molecular weight excluding hydrogens is 386 g/mol. The first-order valence-electron chi connectivity index (χ1n) is 10.6. The van der Waals surface area contributed by atoms with Gasteiger partial charge in [0.15, 0.2) is 0 Å². The molecule has 4 rings (SSSR count). The third kappa shape index (κ3) is 4.44. The Kier molecular flexibility index (Phi) is 6.00. The van der Waals surface area contributed by atoms with Crippen LogP contribution < -0.4 is 4.90 Å². The van der Waals surface area contributed by atoms with Crippen LogP contribution in [0.4, 0.5) is 5.82 Å². The smallest absolute Gasteiger partial charge is 0.147 e. The van der Waals surface area contributed by atoms with Gasteiger partial charge in [0.05, 0.1) is 29.4 Å². The minimum Gasteiger partial charge on any atom is -0.372 e. The minimum atomic E-state index is 0.192. The maximum atomic E-state index is 5.85. The minimum absolute atomic E-state index is 0.192. The first kappa shape index (κ1) is 21.0. The number of aromatic nitrogens is 4. The van der Waals surface area contributed by atoms with Crippen LogP contribution in [0, 0.1) is 0 Å². The lowest BCUT2D eigenvalue weighted by molar-refractivity contribution is -0.00545. The molecule has 0 saturated carbocycles. The summed E-state index contributed by atoms with van der Waals surface area (Å²) in [5.74, 6) is 1.78. The van der Waals surface area contributed by atoms with Crippen molar-refractivity contribution in [2.75, 3.05) is 18.0 Å². The molecule has 0 amide bonds. The summed E-state index contributed by atoms with van der Waals surface area (Å²) in [5.41, 5.74) is 4.91. The Labute approximate surface area is 183 Å². The van der Waals surface area contributed by atoms with Gasteiger partial charge in [-0.1, -0.05) is 18.2 Å². The van der Waals surface area contributed by atoms with Crippen LogP contribution in [0.2, 0.25) is 0 Å². The Hall–Kier alpha value is -3.25. The van der Waals surface area contributed by atoms with Gasteiger partial charge >= 0.3 is 0 Å². The number of morpholine rings is 1. The summed E-state index contributed by atoms with van der Waals surface area (Å²) < 4.78 is 7.94. The van der Waals surface area contributed by atoms with Gasteiger partial charge in [0, 0.05) is 36.7 Å². The van der Waals surface area contributed by atoms with Gasteiger partial charge < -0.3 is 9.64 Å². The molecule has 0 N–H and O–H groups in total. The van der Waals surface area contributed by atoms with Gasteiger partial charge in [-0.2, -0.15) is 0 Å². The number of pyridine rings is 2. The Morgan fingerprint density at radius 2 is 1.87 bits per heavy atom. The van der Waals surface area contributed by atoms with Crippen LogP contribution in [0.25, 0.3) is 28.1 Å². The second-order valence-corrected chi connectivity index (χ2v) is 8.24. The number of ether oxygens (including phenoxy) is 1. The predicted octanol–water partition coefficient (Wildman–Crippen LogP) is 5.10. The molecule has 3 aromatic rings. The third-order valence-corrected chi connectivity index (χ3v) is 5.26. The van der Waals surface area contributed by atoms with E-state index in [4.69, 9.17) is 14.7 Å².